The Morgan fingerprint density at radius 2 is 1.22 bits per heavy atom. The van der Waals surface area contributed by atoms with E-state index in [0.717, 1.165) is 0 Å². The molecule has 0 aliphatic heterocycles. The van der Waals surface area contributed by atoms with Crippen molar-refractivity contribution in [2.75, 3.05) is 0 Å². The average Bonchev–Trinajstić information content (AvgIpc) is 1.25. The highest BCUT2D eigenvalue weighted by molar-refractivity contribution is 5.85. The highest BCUT2D eigenvalue weighted by atomic mass is 35.5. The molecule has 0 saturated carbocycles. The lowest BCUT2D eigenvalue weighted by atomic mass is 10.1. The Labute approximate surface area is 57.3 Å². The smallest absolute Gasteiger partial charge is 0.381 e. The Morgan fingerprint density at radius 3 is 1.22 bits per heavy atom. The summed E-state index contributed by atoms with van der Waals surface area (Å²) in [7, 11) is 0. The fraction of sp³-hybridized carbons (Fsp3) is 1.00. The summed E-state index contributed by atoms with van der Waals surface area (Å²) < 4.78 is 33.9. The van der Waals surface area contributed by atoms with E-state index in [9.17, 15) is 13.2 Å². The lowest BCUT2D eigenvalue weighted by Gasteiger charge is -2.20. The molecule has 0 unspecified atom stereocenters. The summed E-state index contributed by atoms with van der Waals surface area (Å²) in [6, 6.07) is 0. The molecule has 0 bridgehead atoms. The lowest BCUT2D eigenvalue weighted by molar-refractivity contribution is -0.245. The van der Waals surface area contributed by atoms with Gasteiger partial charge >= 0.3 is 6.18 Å². The molecule has 0 heterocycles. The first-order valence-corrected chi connectivity index (χ1v) is 2.04. The number of halogens is 4. The molecule has 5 heteroatoms. The van der Waals surface area contributed by atoms with Crippen LogP contribution in [0.25, 0.3) is 0 Å². The van der Waals surface area contributed by atoms with Crippen molar-refractivity contribution in [2.45, 2.75) is 25.6 Å². The molecule has 0 atom stereocenters. The van der Waals surface area contributed by atoms with E-state index >= 15 is 0 Å². The van der Waals surface area contributed by atoms with Crippen molar-refractivity contribution in [3.05, 3.63) is 0 Å². The molecular weight excluding hydrogens is 156 g/mol. The van der Waals surface area contributed by atoms with Crippen molar-refractivity contribution in [1.82, 2.24) is 0 Å². The van der Waals surface area contributed by atoms with Gasteiger partial charge in [0.1, 0.15) is 0 Å². The number of alkyl halides is 3. The van der Waals surface area contributed by atoms with Crippen LogP contribution in [0, 0.1) is 0 Å². The first-order valence-electron chi connectivity index (χ1n) is 2.04. The molecule has 9 heavy (non-hydrogen) atoms. The number of hydrogen-bond donors (Lipinski definition) is 1. The van der Waals surface area contributed by atoms with Gasteiger partial charge in [0.05, 0.1) is 0 Å². The molecule has 0 fully saturated rings. The van der Waals surface area contributed by atoms with Crippen molar-refractivity contribution in [2.24, 2.45) is 0 Å². The maximum atomic E-state index is 11.3. The summed E-state index contributed by atoms with van der Waals surface area (Å²) in [5.41, 5.74) is -2.56. The molecule has 0 aromatic heterocycles. The summed E-state index contributed by atoms with van der Waals surface area (Å²) in [4.78, 5) is 0. The molecule has 0 aliphatic carbocycles. The number of hydrogen-bond acceptors (Lipinski definition) is 1. The van der Waals surface area contributed by atoms with Gasteiger partial charge in [-0.2, -0.15) is 13.2 Å². The molecule has 0 saturated heterocycles. The molecular formula is C4H8ClF3O. The minimum atomic E-state index is -4.51. The Hall–Kier alpha value is 0.0400. The van der Waals surface area contributed by atoms with Gasteiger partial charge in [-0.1, -0.05) is 0 Å². The SMILES string of the molecule is CC(C)(O)C(F)(F)F.Cl. The van der Waals surface area contributed by atoms with E-state index in [0.29, 0.717) is 13.8 Å². The second kappa shape index (κ2) is 2.75. The van der Waals surface area contributed by atoms with Crippen LogP contribution in [0.4, 0.5) is 13.2 Å². The Bertz CT molecular complexity index is 70.8. The van der Waals surface area contributed by atoms with Crippen LogP contribution in [-0.2, 0) is 0 Å². The van der Waals surface area contributed by atoms with Crippen LogP contribution < -0.4 is 0 Å². The maximum Gasteiger partial charge on any atom is 0.416 e. The molecule has 0 amide bonds. The second-order valence-electron chi connectivity index (χ2n) is 2.06. The molecule has 0 radical (unpaired) electrons. The second-order valence-corrected chi connectivity index (χ2v) is 2.06. The summed E-state index contributed by atoms with van der Waals surface area (Å²) in [5.74, 6) is 0. The molecule has 0 spiro atoms. The molecule has 0 aromatic carbocycles. The monoisotopic (exact) mass is 164 g/mol. The first kappa shape index (κ1) is 11.8. The van der Waals surface area contributed by atoms with Gasteiger partial charge in [-0.3, -0.25) is 0 Å². The zero-order chi connectivity index (χ0) is 7.00. The van der Waals surface area contributed by atoms with E-state index in [4.69, 9.17) is 5.11 Å². The Kier molecular flexibility index (Phi) is 3.60. The molecule has 0 aromatic rings. The minimum absolute atomic E-state index is 0. The highest BCUT2D eigenvalue weighted by Crippen LogP contribution is 2.28. The fourth-order valence-corrected chi connectivity index (χ4v) is 0. The van der Waals surface area contributed by atoms with Crippen LogP contribution in [0.3, 0.4) is 0 Å². The van der Waals surface area contributed by atoms with Gasteiger partial charge in [0.15, 0.2) is 5.60 Å². The van der Waals surface area contributed by atoms with Gasteiger partial charge in [-0.15, -0.1) is 12.4 Å². The summed E-state index contributed by atoms with van der Waals surface area (Å²) in [6.07, 6.45) is -4.51. The van der Waals surface area contributed by atoms with Crippen LogP contribution in [0.2, 0.25) is 0 Å². The fourth-order valence-electron chi connectivity index (χ4n) is 0. The molecule has 0 rings (SSSR count). The van der Waals surface area contributed by atoms with Crippen LogP contribution in [0.5, 0.6) is 0 Å². The zero-order valence-electron chi connectivity index (χ0n) is 4.99. The quantitative estimate of drug-likeness (QED) is 0.578. The van der Waals surface area contributed by atoms with E-state index < -0.39 is 11.8 Å². The van der Waals surface area contributed by atoms with Crippen molar-refractivity contribution in [3.8, 4) is 0 Å². The Balaban J connectivity index is 0. The summed E-state index contributed by atoms with van der Waals surface area (Å²) in [5, 5.41) is 8.23. The third kappa shape index (κ3) is 3.59. The largest absolute Gasteiger partial charge is 0.416 e. The standard InChI is InChI=1S/C4H7F3O.ClH/c1-3(2,8)4(5,6)7;/h8H,1-2H3;1H. The van der Waals surface area contributed by atoms with Crippen LogP contribution in [-0.4, -0.2) is 16.9 Å². The predicted molar refractivity (Wildman–Crippen MR) is 29.6 cm³/mol. The van der Waals surface area contributed by atoms with Gasteiger partial charge in [-0.25, -0.2) is 0 Å². The molecule has 1 nitrogen and oxygen atoms in total. The van der Waals surface area contributed by atoms with E-state index in [-0.39, 0.29) is 12.4 Å². The third-order valence-electron chi connectivity index (χ3n) is 0.694. The van der Waals surface area contributed by atoms with Crippen LogP contribution in [0.1, 0.15) is 13.8 Å². The molecule has 1 N–H and O–H groups in total. The van der Waals surface area contributed by atoms with Gasteiger partial charge in [-0.05, 0) is 13.8 Å². The lowest BCUT2D eigenvalue weighted by Crippen LogP contribution is -2.38. The van der Waals surface area contributed by atoms with Crippen molar-refractivity contribution >= 4 is 12.4 Å². The van der Waals surface area contributed by atoms with E-state index in [1.807, 2.05) is 0 Å². The highest BCUT2D eigenvalue weighted by Gasteiger charge is 2.45. The van der Waals surface area contributed by atoms with Crippen LogP contribution in [0.15, 0.2) is 0 Å². The zero-order valence-corrected chi connectivity index (χ0v) is 5.81. The minimum Gasteiger partial charge on any atom is -0.381 e. The molecule has 0 aliphatic rings. The normalized spacial score (nSPS) is 12.7. The van der Waals surface area contributed by atoms with Crippen molar-refractivity contribution < 1.29 is 18.3 Å². The van der Waals surface area contributed by atoms with Gasteiger partial charge in [0.2, 0.25) is 0 Å². The third-order valence-corrected chi connectivity index (χ3v) is 0.694. The maximum absolute atomic E-state index is 11.3. The Morgan fingerprint density at radius 1 is 1.11 bits per heavy atom. The first-order chi connectivity index (χ1) is 3.25. The number of rotatable bonds is 0. The van der Waals surface area contributed by atoms with Gasteiger partial charge in [0.25, 0.3) is 0 Å². The number of aliphatic hydroxyl groups is 1. The molecule has 58 valence electrons. The van der Waals surface area contributed by atoms with Crippen LogP contribution >= 0.6 is 12.4 Å². The van der Waals surface area contributed by atoms with E-state index in [2.05, 4.69) is 0 Å². The summed E-state index contributed by atoms with van der Waals surface area (Å²) >= 11 is 0. The van der Waals surface area contributed by atoms with Gasteiger partial charge < -0.3 is 5.11 Å². The average molecular weight is 165 g/mol. The predicted octanol–water partition coefficient (Wildman–Crippen LogP) is 1.74. The van der Waals surface area contributed by atoms with Crippen molar-refractivity contribution in [3.63, 3.8) is 0 Å². The van der Waals surface area contributed by atoms with E-state index in [1.54, 1.807) is 0 Å². The summed E-state index contributed by atoms with van der Waals surface area (Å²) in [6.45, 7) is 1.40. The van der Waals surface area contributed by atoms with E-state index in [1.165, 1.54) is 0 Å². The van der Waals surface area contributed by atoms with Crippen molar-refractivity contribution in [1.29, 1.82) is 0 Å². The topological polar surface area (TPSA) is 20.2 Å². The van der Waals surface area contributed by atoms with Gasteiger partial charge in [0, 0.05) is 0 Å².